The number of halogens is 6. The average molecular weight is 464 g/mol. The number of alkyl halides is 3. The maximum atomic E-state index is 14.1. The van der Waals surface area contributed by atoms with Gasteiger partial charge in [-0.15, -0.1) is 0 Å². The summed E-state index contributed by atoms with van der Waals surface area (Å²) in [6.45, 7) is 0.331. The summed E-state index contributed by atoms with van der Waals surface area (Å²) in [6, 6.07) is 8.64. The fraction of sp³-hybridized carbons (Fsp3) is 0.136. The first-order valence-electron chi connectivity index (χ1n) is 9.54. The van der Waals surface area contributed by atoms with Gasteiger partial charge in [0.25, 0.3) is 5.88 Å². The molecule has 4 aromatic rings. The van der Waals surface area contributed by atoms with Gasteiger partial charge in [0.2, 0.25) is 0 Å². The van der Waals surface area contributed by atoms with Crippen LogP contribution in [-0.4, -0.2) is 21.5 Å². The zero-order chi connectivity index (χ0) is 23.6. The predicted octanol–water partition coefficient (Wildman–Crippen LogP) is 5.91. The SMILES string of the molecule is Fc1cc(C(F)(F)F)cnc1Oc1ccc(CCNc2ncnc3c(F)ccc(F)c23)cc1. The minimum Gasteiger partial charge on any atom is -0.436 e. The van der Waals surface area contributed by atoms with Gasteiger partial charge in [-0.1, -0.05) is 12.1 Å². The lowest BCUT2D eigenvalue weighted by Crippen LogP contribution is -2.08. The van der Waals surface area contributed by atoms with E-state index in [2.05, 4.69) is 20.3 Å². The highest BCUT2D eigenvalue weighted by atomic mass is 19.4. The number of fused-ring (bicyclic) bond motifs is 1. The molecule has 33 heavy (non-hydrogen) atoms. The van der Waals surface area contributed by atoms with Gasteiger partial charge >= 0.3 is 6.18 Å². The summed E-state index contributed by atoms with van der Waals surface area (Å²) in [5, 5.41) is 2.89. The number of nitrogens with one attached hydrogen (secondary N) is 1. The minimum atomic E-state index is -4.71. The zero-order valence-electron chi connectivity index (χ0n) is 16.6. The minimum absolute atomic E-state index is 0.0488. The standard InChI is InChI=1S/C22H14F6N4O/c23-15-5-6-16(24)19-18(15)20(32-11-31-19)29-8-7-12-1-3-14(4-2-12)33-21-17(25)9-13(10-30-21)22(26,27)28/h1-6,9-11H,7-8H2,(H,29,31,32). The molecule has 11 heteroatoms. The molecular formula is C22H14F6N4O. The molecule has 0 atom stereocenters. The number of hydrogen-bond donors (Lipinski definition) is 1. The van der Waals surface area contributed by atoms with E-state index in [4.69, 9.17) is 4.74 Å². The van der Waals surface area contributed by atoms with Gasteiger partial charge in [-0.2, -0.15) is 13.2 Å². The van der Waals surface area contributed by atoms with Crippen LogP contribution in [0.1, 0.15) is 11.1 Å². The van der Waals surface area contributed by atoms with Crippen LogP contribution in [-0.2, 0) is 12.6 Å². The quantitative estimate of drug-likeness (QED) is 0.360. The molecule has 2 aromatic heterocycles. The number of hydrogen-bond acceptors (Lipinski definition) is 5. The Balaban J connectivity index is 1.39. The van der Waals surface area contributed by atoms with Gasteiger partial charge in [0.05, 0.1) is 10.9 Å². The van der Waals surface area contributed by atoms with Crippen molar-refractivity contribution in [1.82, 2.24) is 15.0 Å². The first-order chi connectivity index (χ1) is 15.7. The van der Waals surface area contributed by atoms with Gasteiger partial charge in [-0.3, -0.25) is 0 Å². The molecule has 1 N–H and O–H groups in total. The van der Waals surface area contributed by atoms with Gasteiger partial charge < -0.3 is 10.1 Å². The number of aromatic nitrogens is 3. The molecule has 0 aliphatic carbocycles. The van der Waals surface area contributed by atoms with Crippen molar-refractivity contribution in [3.05, 3.63) is 83.6 Å². The van der Waals surface area contributed by atoms with Crippen molar-refractivity contribution in [2.45, 2.75) is 12.6 Å². The Morgan fingerprint density at radius 3 is 2.27 bits per heavy atom. The molecule has 4 rings (SSSR count). The van der Waals surface area contributed by atoms with E-state index in [0.717, 1.165) is 24.0 Å². The number of ether oxygens (including phenoxy) is 1. The van der Waals surface area contributed by atoms with E-state index in [-0.39, 0.29) is 22.5 Å². The predicted molar refractivity (Wildman–Crippen MR) is 107 cm³/mol. The van der Waals surface area contributed by atoms with Crippen molar-refractivity contribution >= 4 is 16.7 Å². The van der Waals surface area contributed by atoms with Crippen LogP contribution >= 0.6 is 0 Å². The van der Waals surface area contributed by atoms with E-state index in [0.29, 0.717) is 25.2 Å². The van der Waals surface area contributed by atoms with Gasteiger partial charge in [0.1, 0.15) is 35.0 Å². The van der Waals surface area contributed by atoms with Crippen molar-refractivity contribution in [2.24, 2.45) is 0 Å². The number of rotatable bonds is 6. The van der Waals surface area contributed by atoms with Crippen LogP contribution in [0.3, 0.4) is 0 Å². The summed E-state index contributed by atoms with van der Waals surface area (Å²) in [5.41, 5.74) is -0.520. The molecule has 170 valence electrons. The van der Waals surface area contributed by atoms with Crippen molar-refractivity contribution < 1.29 is 31.1 Å². The molecule has 0 amide bonds. The molecule has 2 aromatic carbocycles. The Morgan fingerprint density at radius 1 is 0.848 bits per heavy atom. The molecule has 0 fully saturated rings. The molecule has 0 aliphatic heterocycles. The Bertz CT molecular complexity index is 1290. The molecule has 0 saturated heterocycles. The topological polar surface area (TPSA) is 59.9 Å². The summed E-state index contributed by atoms with van der Waals surface area (Å²) >= 11 is 0. The first-order valence-corrected chi connectivity index (χ1v) is 9.54. The Labute approximate surface area is 183 Å². The average Bonchev–Trinajstić information content (AvgIpc) is 2.78. The van der Waals surface area contributed by atoms with E-state index >= 15 is 0 Å². The summed E-state index contributed by atoms with van der Waals surface area (Å²) < 4.78 is 84.9. The second kappa shape index (κ2) is 8.93. The van der Waals surface area contributed by atoms with Crippen LogP contribution < -0.4 is 10.1 Å². The maximum absolute atomic E-state index is 14.1. The molecule has 0 saturated carbocycles. The molecule has 0 unspecified atom stereocenters. The van der Waals surface area contributed by atoms with Crippen LogP contribution in [0.4, 0.5) is 32.2 Å². The highest BCUT2D eigenvalue weighted by Gasteiger charge is 2.32. The van der Waals surface area contributed by atoms with Crippen LogP contribution in [0.5, 0.6) is 11.6 Å². The number of anilines is 1. The third-order valence-corrected chi connectivity index (χ3v) is 4.67. The van der Waals surface area contributed by atoms with Crippen LogP contribution in [0, 0.1) is 17.5 Å². The monoisotopic (exact) mass is 464 g/mol. The Hall–Kier alpha value is -3.89. The van der Waals surface area contributed by atoms with E-state index < -0.39 is 35.1 Å². The summed E-state index contributed by atoms with van der Waals surface area (Å²) in [6.07, 6.45) is -2.62. The second-order valence-corrected chi connectivity index (χ2v) is 6.91. The van der Waals surface area contributed by atoms with Gasteiger partial charge in [0, 0.05) is 12.7 Å². The van der Waals surface area contributed by atoms with Gasteiger partial charge in [-0.05, 0) is 42.3 Å². The number of pyridine rings is 1. The third-order valence-electron chi connectivity index (χ3n) is 4.67. The maximum Gasteiger partial charge on any atom is 0.417 e. The first kappa shape index (κ1) is 22.3. The van der Waals surface area contributed by atoms with E-state index in [1.54, 1.807) is 12.1 Å². The molecule has 0 aliphatic rings. The van der Waals surface area contributed by atoms with Crippen molar-refractivity contribution in [1.29, 1.82) is 0 Å². The largest absolute Gasteiger partial charge is 0.436 e. The Kier molecular flexibility index (Phi) is 6.03. The number of benzene rings is 2. The summed E-state index contributed by atoms with van der Waals surface area (Å²) in [4.78, 5) is 11.1. The lowest BCUT2D eigenvalue weighted by atomic mass is 10.1. The van der Waals surface area contributed by atoms with Crippen molar-refractivity contribution in [2.75, 3.05) is 11.9 Å². The lowest BCUT2D eigenvalue weighted by Gasteiger charge is -2.11. The zero-order valence-corrected chi connectivity index (χ0v) is 16.6. The summed E-state index contributed by atoms with van der Waals surface area (Å²) in [5.74, 6) is -2.80. The molecule has 0 radical (unpaired) electrons. The highest BCUT2D eigenvalue weighted by Crippen LogP contribution is 2.32. The van der Waals surface area contributed by atoms with Crippen molar-refractivity contribution in [3.8, 4) is 11.6 Å². The second-order valence-electron chi connectivity index (χ2n) is 6.91. The van der Waals surface area contributed by atoms with Gasteiger partial charge in [0.15, 0.2) is 5.82 Å². The highest BCUT2D eigenvalue weighted by molar-refractivity contribution is 5.89. The Morgan fingerprint density at radius 2 is 1.58 bits per heavy atom. The lowest BCUT2D eigenvalue weighted by molar-refractivity contribution is -0.138. The number of nitrogens with zero attached hydrogens (tertiary/aromatic N) is 3. The van der Waals surface area contributed by atoms with E-state index in [1.807, 2.05) is 0 Å². The van der Waals surface area contributed by atoms with E-state index in [1.165, 1.54) is 12.1 Å². The molecular weight excluding hydrogens is 450 g/mol. The van der Waals surface area contributed by atoms with Crippen LogP contribution in [0.25, 0.3) is 10.9 Å². The molecule has 0 bridgehead atoms. The fourth-order valence-corrected chi connectivity index (χ4v) is 3.05. The summed E-state index contributed by atoms with van der Waals surface area (Å²) in [7, 11) is 0. The van der Waals surface area contributed by atoms with Gasteiger partial charge in [-0.25, -0.2) is 28.1 Å². The fourth-order valence-electron chi connectivity index (χ4n) is 3.05. The van der Waals surface area contributed by atoms with Crippen molar-refractivity contribution in [3.63, 3.8) is 0 Å². The van der Waals surface area contributed by atoms with Crippen LogP contribution in [0.15, 0.2) is 55.0 Å². The molecule has 5 nitrogen and oxygen atoms in total. The smallest absolute Gasteiger partial charge is 0.417 e. The van der Waals surface area contributed by atoms with E-state index in [9.17, 15) is 26.3 Å². The molecule has 2 heterocycles. The third kappa shape index (κ3) is 4.97. The van der Waals surface area contributed by atoms with Crippen LogP contribution in [0.2, 0.25) is 0 Å². The normalized spacial score (nSPS) is 11.6. The molecule has 0 spiro atoms.